The van der Waals surface area contributed by atoms with Crippen molar-refractivity contribution in [1.82, 2.24) is 0 Å². The molecule has 0 aliphatic rings. The van der Waals surface area contributed by atoms with Crippen LogP contribution >= 0.6 is 0 Å². The third-order valence-corrected chi connectivity index (χ3v) is 2.52. The van der Waals surface area contributed by atoms with Gasteiger partial charge in [-0.05, 0) is 12.8 Å². The third kappa shape index (κ3) is 9.33. The van der Waals surface area contributed by atoms with E-state index in [-0.39, 0.29) is 5.75 Å². The molecule has 0 aromatic heterocycles. The number of sulfone groups is 1. The Morgan fingerprint density at radius 3 is 2.54 bits per heavy atom. The van der Waals surface area contributed by atoms with E-state index in [9.17, 15) is 8.42 Å². The van der Waals surface area contributed by atoms with E-state index in [1.165, 1.54) is 6.26 Å². The van der Waals surface area contributed by atoms with Gasteiger partial charge in [-0.15, -0.1) is 0 Å². The highest BCUT2D eigenvalue weighted by Crippen LogP contribution is 1.91. The van der Waals surface area contributed by atoms with Gasteiger partial charge >= 0.3 is 0 Å². The zero-order valence-corrected chi connectivity index (χ0v) is 9.10. The predicted molar refractivity (Wildman–Crippen MR) is 55.7 cm³/mol. The Balaban J connectivity index is 3.61. The number of nitrogens with two attached hydrogens (primary N) is 1. The van der Waals surface area contributed by atoms with Gasteiger partial charge in [0.1, 0.15) is 9.84 Å². The van der Waals surface area contributed by atoms with Crippen molar-refractivity contribution < 1.29 is 8.42 Å². The quantitative estimate of drug-likeness (QED) is 0.392. The first-order chi connectivity index (χ1) is 5.95. The second-order valence-corrected chi connectivity index (χ2v) is 5.37. The van der Waals surface area contributed by atoms with Crippen LogP contribution in [0.25, 0.3) is 0 Å². The first-order valence-corrected chi connectivity index (χ1v) is 6.48. The number of rotatable bonds is 6. The zero-order chi connectivity index (χ0) is 10.3. The maximum absolute atomic E-state index is 10.7. The number of hydrogen-bond donors (Lipinski definition) is 1. The van der Waals surface area contributed by atoms with Gasteiger partial charge in [-0.1, -0.05) is 6.92 Å². The molecule has 2 N–H and O–H groups in total. The Bertz CT molecular complexity index is 257. The van der Waals surface area contributed by atoms with Crippen LogP contribution < -0.4 is 5.73 Å². The fourth-order valence-corrected chi connectivity index (χ4v) is 1.54. The van der Waals surface area contributed by atoms with Gasteiger partial charge in [0.25, 0.3) is 0 Å². The molecule has 0 bridgehead atoms. The van der Waals surface area contributed by atoms with Crippen LogP contribution in [-0.4, -0.2) is 32.8 Å². The van der Waals surface area contributed by atoms with Gasteiger partial charge in [0.05, 0.1) is 11.6 Å². The van der Waals surface area contributed by atoms with Gasteiger partial charge in [-0.3, -0.25) is 4.99 Å². The van der Waals surface area contributed by atoms with Crippen LogP contribution in [-0.2, 0) is 9.84 Å². The van der Waals surface area contributed by atoms with E-state index in [4.69, 9.17) is 5.73 Å². The average Bonchev–Trinajstić information content (AvgIpc) is 1.97. The molecule has 0 aliphatic carbocycles. The monoisotopic (exact) mass is 206 g/mol. The molecule has 0 aromatic rings. The number of nitrogens with zero attached hydrogens (tertiary/aromatic N) is 1. The fourth-order valence-electron chi connectivity index (χ4n) is 0.885. The summed E-state index contributed by atoms with van der Waals surface area (Å²) < 4.78 is 21.4. The predicted octanol–water partition coefficient (Wildman–Crippen LogP) is 0.578. The van der Waals surface area contributed by atoms with E-state index < -0.39 is 9.84 Å². The minimum absolute atomic E-state index is 0.190. The lowest BCUT2D eigenvalue weighted by atomic mass is 10.3. The summed E-state index contributed by atoms with van der Waals surface area (Å²) in [7, 11) is -2.84. The molecule has 0 saturated heterocycles. The molecular weight excluding hydrogens is 188 g/mol. The molecule has 0 spiro atoms. The Morgan fingerprint density at radius 2 is 2.08 bits per heavy atom. The Labute approximate surface area is 80.2 Å². The average molecular weight is 206 g/mol. The molecule has 78 valence electrons. The second-order valence-electron chi connectivity index (χ2n) is 3.11. The maximum atomic E-state index is 10.7. The topological polar surface area (TPSA) is 72.5 Å². The van der Waals surface area contributed by atoms with Crippen LogP contribution in [0.2, 0.25) is 0 Å². The van der Waals surface area contributed by atoms with Crippen molar-refractivity contribution in [2.75, 3.05) is 18.6 Å². The van der Waals surface area contributed by atoms with E-state index in [1.54, 1.807) is 0 Å². The molecule has 5 heteroatoms. The highest BCUT2D eigenvalue weighted by Gasteiger charge is 2.00. The molecule has 0 aliphatic heterocycles. The summed E-state index contributed by atoms with van der Waals surface area (Å²) in [5.74, 6) is 0.812. The SMILES string of the molecule is CCCC(N)=NCCCS(C)(=O)=O. The summed E-state index contributed by atoms with van der Waals surface area (Å²) in [6, 6.07) is 0. The summed E-state index contributed by atoms with van der Waals surface area (Å²) in [5, 5.41) is 0. The molecule has 0 unspecified atom stereocenters. The van der Waals surface area contributed by atoms with Crippen LogP contribution in [0.4, 0.5) is 0 Å². The lowest BCUT2D eigenvalue weighted by molar-refractivity contribution is 0.599. The Kier molecular flexibility index (Phi) is 5.70. The molecule has 4 nitrogen and oxygen atoms in total. The molecule has 0 radical (unpaired) electrons. The van der Waals surface area contributed by atoms with E-state index in [0.717, 1.165) is 12.8 Å². The normalized spacial score (nSPS) is 13.2. The number of amidine groups is 1. The van der Waals surface area contributed by atoms with Crippen molar-refractivity contribution in [3.05, 3.63) is 0 Å². The largest absolute Gasteiger partial charge is 0.387 e. The van der Waals surface area contributed by atoms with Gasteiger partial charge in [-0.25, -0.2) is 8.42 Å². The summed E-state index contributed by atoms with van der Waals surface area (Å²) in [6.07, 6.45) is 3.55. The van der Waals surface area contributed by atoms with E-state index in [1.807, 2.05) is 6.92 Å². The van der Waals surface area contributed by atoms with Gasteiger partial charge in [0.15, 0.2) is 0 Å². The van der Waals surface area contributed by atoms with Crippen LogP contribution in [0.5, 0.6) is 0 Å². The van der Waals surface area contributed by atoms with Gasteiger partial charge in [0.2, 0.25) is 0 Å². The first-order valence-electron chi connectivity index (χ1n) is 4.42. The van der Waals surface area contributed by atoms with Crippen LogP contribution in [0.3, 0.4) is 0 Å². The van der Waals surface area contributed by atoms with Crippen molar-refractivity contribution in [3.63, 3.8) is 0 Å². The Hall–Kier alpha value is -0.580. The summed E-state index contributed by atoms with van der Waals surface area (Å²) in [5.41, 5.74) is 5.53. The van der Waals surface area contributed by atoms with E-state index in [0.29, 0.717) is 18.8 Å². The van der Waals surface area contributed by atoms with Crippen molar-refractivity contribution in [2.24, 2.45) is 10.7 Å². The standard InChI is InChI=1S/C8H18N2O2S/c1-3-5-8(9)10-6-4-7-13(2,11)12/h3-7H2,1-2H3,(H2,9,10). The summed E-state index contributed by atoms with van der Waals surface area (Å²) in [4.78, 5) is 4.05. The minimum Gasteiger partial charge on any atom is -0.387 e. The maximum Gasteiger partial charge on any atom is 0.147 e. The highest BCUT2D eigenvalue weighted by molar-refractivity contribution is 7.90. The van der Waals surface area contributed by atoms with Gasteiger partial charge in [-0.2, -0.15) is 0 Å². The van der Waals surface area contributed by atoms with Crippen molar-refractivity contribution in [2.45, 2.75) is 26.2 Å². The second kappa shape index (κ2) is 5.96. The smallest absolute Gasteiger partial charge is 0.147 e. The van der Waals surface area contributed by atoms with Crippen molar-refractivity contribution in [3.8, 4) is 0 Å². The molecule has 13 heavy (non-hydrogen) atoms. The van der Waals surface area contributed by atoms with Crippen molar-refractivity contribution in [1.29, 1.82) is 0 Å². The zero-order valence-electron chi connectivity index (χ0n) is 8.28. The number of hydrogen-bond acceptors (Lipinski definition) is 3. The first kappa shape index (κ1) is 12.4. The highest BCUT2D eigenvalue weighted by atomic mass is 32.2. The fraction of sp³-hybridized carbons (Fsp3) is 0.875. The summed E-state index contributed by atoms with van der Waals surface area (Å²) in [6.45, 7) is 2.54. The molecule has 0 rings (SSSR count). The third-order valence-electron chi connectivity index (χ3n) is 1.49. The Morgan fingerprint density at radius 1 is 1.46 bits per heavy atom. The molecular formula is C8H18N2O2S. The lowest BCUT2D eigenvalue weighted by Crippen LogP contribution is -2.12. The van der Waals surface area contributed by atoms with E-state index >= 15 is 0 Å². The van der Waals surface area contributed by atoms with Gasteiger partial charge in [0, 0.05) is 19.2 Å². The van der Waals surface area contributed by atoms with Crippen LogP contribution in [0, 0.1) is 0 Å². The minimum atomic E-state index is -2.84. The number of aliphatic imine (C=N–C) groups is 1. The van der Waals surface area contributed by atoms with E-state index in [2.05, 4.69) is 4.99 Å². The molecule has 0 atom stereocenters. The molecule has 0 aromatic carbocycles. The summed E-state index contributed by atoms with van der Waals surface area (Å²) >= 11 is 0. The molecule has 0 fully saturated rings. The van der Waals surface area contributed by atoms with Crippen LogP contribution in [0.15, 0.2) is 4.99 Å². The molecule has 0 saturated carbocycles. The van der Waals surface area contributed by atoms with Crippen molar-refractivity contribution >= 4 is 15.7 Å². The van der Waals surface area contributed by atoms with Crippen LogP contribution in [0.1, 0.15) is 26.2 Å². The molecule has 0 amide bonds. The van der Waals surface area contributed by atoms with Gasteiger partial charge < -0.3 is 5.73 Å². The lowest BCUT2D eigenvalue weighted by Gasteiger charge is -1.98. The molecule has 0 heterocycles.